The second-order valence-electron chi connectivity index (χ2n) is 6.12. The molecule has 0 bridgehead atoms. The minimum absolute atomic E-state index is 0.113. The number of hydrogen-bond donors (Lipinski definition) is 2. The standard InChI is InChI=1S/C18H29NO3/c1-13(2)8-16(11-20)19-10-15-6-7-17(21-5)18(9-15)22-12-14(3)4/h6-7,9,13,16,19-20H,3,8,10-12H2,1-2,4-5H3. The summed E-state index contributed by atoms with van der Waals surface area (Å²) in [6.07, 6.45) is 0.950. The van der Waals surface area contributed by atoms with E-state index in [4.69, 9.17) is 9.47 Å². The number of rotatable bonds is 10. The Morgan fingerprint density at radius 1 is 1.32 bits per heavy atom. The number of aliphatic hydroxyl groups excluding tert-OH is 1. The first-order chi connectivity index (χ1) is 10.5. The molecule has 1 unspecified atom stereocenters. The number of methoxy groups -OCH3 is 1. The molecule has 1 rings (SSSR count). The highest BCUT2D eigenvalue weighted by molar-refractivity contribution is 5.43. The van der Waals surface area contributed by atoms with Crippen molar-refractivity contribution in [3.8, 4) is 11.5 Å². The third kappa shape index (κ3) is 6.50. The van der Waals surface area contributed by atoms with E-state index in [0.29, 0.717) is 30.6 Å². The Balaban J connectivity index is 2.70. The first kappa shape index (κ1) is 18.5. The zero-order valence-electron chi connectivity index (χ0n) is 14.2. The number of nitrogens with one attached hydrogen (secondary N) is 1. The van der Waals surface area contributed by atoms with E-state index in [9.17, 15) is 5.11 Å². The highest BCUT2D eigenvalue weighted by Gasteiger charge is 2.11. The van der Waals surface area contributed by atoms with Gasteiger partial charge in [-0.3, -0.25) is 0 Å². The van der Waals surface area contributed by atoms with E-state index in [0.717, 1.165) is 17.6 Å². The van der Waals surface area contributed by atoms with Crippen LogP contribution in [0.25, 0.3) is 0 Å². The molecule has 0 fully saturated rings. The van der Waals surface area contributed by atoms with E-state index >= 15 is 0 Å². The van der Waals surface area contributed by atoms with Crippen LogP contribution in [-0.2, 0) is 6.54 Å². The van der Waals surface area contributed by atoms with Crippen LogP contribution >= 0.6 is 0 Å². The van der Waals surface area contributed by atoms with Gasteiger partial charge in [0.15, 0.2) is 11.5 Å². The molecule has 0 aliphatic rings. The fraction of sp³-hybridized carbons (Fsp3) is 0.556. The van der Waals surface area contributed by atoms with Crippen molar-refractivity contribution in [1.82, 2.24) is 5.32 Å². The van der Waals surface area contributed by atoms with E-state index < -0.39 is 0 Å². The van der Waals surface area contributed by atoms with Crippen molar-refractivity contribution in [2.75, 3.05) is 20.3 Å². The molecule has 0 amide bonds. The van der Waals surface area contributed by atoms with Gasteiger partial charge in [0.05, 0.1) is 13.7 Å². The van der Waals surface area contributed by atoms with E-state index in [1.54, 1.807) is 7.11 Å². The summed E-state index contributed by atoms with van der Waals surface area (Å²) in [5.41, 5.74) is 2.06. The first-order valence-electron chi connectivity index (χ1n) is 7.74. The molecule has 0 aliphatic heterocycles. The predicted octanol–water partition coefficient (Wildman–Crippen LogP) is 3.15. The van der Waals surface area contributed by atoms with Gasteiger partial charge < -0.3 is 19.9 Å². The molecule has 1 aromatic carbocycles. The topological polar surface area (TPSA) is 50.7 Å². The fourth-order valence-electron chi connectivity index (χ4n) is 2.20. The van der Waals surface area contributed by atoms with Gasteiger partial charge in [0.2, 0.25) is 0 Å². The van der Waals surface area contributed by atoms with E-state index in [1.165, 1.54) is 0 Å². The van der Waals surface area contributed by atoms with Gasteiger partial charge in [-0.2, -0.15) is 0 Å². The summed E-state index contributed by atoms with van der Waals surface area (Å²) in [4.78, 5) is 0. The summed E-state index contributed by atoms with van der Waals surface area (Å²) < 4.78 is 11.0. The molecule has 4 nitrogen and oxygen atoms in total. The number of hydrogen-bond acceptors (Lipinski definition) is 4. The molecule has 0 heterocycles. The largest absolute Gasteiger partial charge is 0.493 e. The number of ether oxygens (including phenoxy) is 2. The predicted molar refractivity (Wildman–Crippen MR) is 90.5 cm³/mol. The average Bonchev–Trinajstić information content (AvgIpc) is 2.48. The summed E-state index contributed by atoms with van der Waals surface area (Å²) in [6, 6.07) is 5.99. The molecule has 124 valence electrons. The van der Waals surface area contributed by atoms with E-state index in [-0.39, 0.29) is 12.6 Å². The molecule has 0 aromatic heterocycles. The van der Waals surface area contributed by atoms with Crippen molar-refractivity contribution < 1.29 is 14.6 Å². The molecular formula is C18H29NO3. The molecule has 0 radical (unpaired) electrons. The van der Waals surface area contributed by atoms with Gasteiger partial charge in [-0.15, -0.1) is 0 Å². The molecule has 0 saturated carbocycles. The molecule has 22 heavy (non-hydrogen) atoms. The summed E-state index contributed by atoms with van der Waals surface area (Å²) in [7, 11) is 1.63. The van der Waals surface area contributed by atoms with Crippen molar-refractivity contribution in [3.63, 3.8) is 0 Å². The maximum Gasteiger partial charge on any atom is 0.161 e. The molecular weight excluding hydrogens is 278 g/mol. The zero-order chi connectivity index (χ0) is 16.5. The zero-order valence-corrected chi connectivity index (χ0v) is 14.2. The van der Waals surface area contributed by atoms with Crippen molar-refractivity contribution in [2.24, 2.45) is 5.92 Å². The van der Waals surface area contributed by atoms with Crippen LogP contribution in [0.4, 0.5) is 0 Å². The molecule has 0 aliphatic carbocycles. The Morgan fingerprint density at radius 2 is 2.05 bits per heavy atom. The second kappa shape index (κ2) is 9.49. The number of aliphatic hydroxyl groups is 1. The van der Waals surface area contributed by atoms with Gasteiger partial charge in [-0.1, -0.05) is 26.5 Å². The lowest BCUT2D eigenvalue weighted by molar-refractivity contribution is 0.223. The van der Waals surface area contributed by atoms with Gasteiger partial charge in [0, 0.05) is 12.6 Å². The highest BCUT2D eigenvalue weighted by Crippen LogP contribution is 2.28. The molecule has 1 aromatic rings. The number of benzene rings is 1. The maximum atomic E-state index is 9.42. The quantitative estimate of drug-likeness (QED) is 0.652. The Morgan fingerprint density at radius 3 is 2.59 bits per heavy atom. The lowest BCUT2D eigenvalue weighted by Gasteiger charge is -2.19. The van der Waals surface area contributed by atoms with Crippen molar-refractivity contribution >= 4 is 0 Å². The maximum absolute atomic E-state index is 9.42. The van der Waals surface area contributed by atoms with Crippen molar-refractivity contribution in [2.45, 2.75) is 39.8 Å². The normalized spacial score (nSPS) is 12.3. The van der Waals surface area contributed by atoms with Crippen LogP contribution in [0.5, 0.6) is 11.5 Å². The summed E-state index contributed by atoms with van der Waals surface area (Å²) in [5.74, 6) is 1.98. The minimum Gasteiger partial charge on any atom is -0.493 e. The smallest absolute Gasteiger partial charge is 0.161 e. The third-order valence-electron chi connectivity index (χ3n) is 3.27. The van der Waals surface area contributed by atoms with Crippen LogP contribution in [0.3, 0.4) is 0 Å². The monoisotopic (exact) mass is 307 g/mol. The van der Waals surface area contributed by atoms with Crippen molar-refractivity contribution in [3.05, 3.63) is 35.9 Å². The summed E-state index contributed by atoms with van der Waals surface area (Å²) in [5, 5.41) is 12.8. The molecule has 4 heteroatoms. The van der Waals surface area contributed by atoms with Crippen LogP contribution < -0.4 is 14.8 Å². The van der Waals surface area contributed by atoms with Crippen molar-refractivity contribution in [1.29, 1.82) is 0 Å². The van der Waals surface area contributed by atoms with Crippen LogP contribution in [-0.4, -0.2) is 31.5 Å². The van der Waals surface area contributed by atoms with Gasteiger partial charge in [0.25, 0.3) is 0 Å². The Labute approximate surface area is 134 Å². The van der Waals surface area contributed by atoms with Gasteiger partial charge >= 0.3 is 0 Å². The second-order valence-corrected chi connectivity index (χ2v) is 6.12. The van der Waals surface area contributed by atoms with Crippen LogP contribution in [0.15, 0.2) is 30.4 Å². The average molecular weight is 307 g/mol. The lowest BCUT2D eigenvalue weighted by atomic mass is 10.0. The molecule has 0 spiro atoms. The minimum atomic E-state index is 0.113. The van der Waals surface area contributed by atoms with Crippen LogP contribution in [0.1, 0.15) is 32.8 Å². The third-order valence-corrected chi connectivity index (χ3v) is 3.27. The Bertz CT molecular complexity index is 471. The summed E-state index contributed by atoms with van der Waals surface area (Å²) >= 11 is 0. The van der Waals surface area contributed by atoms with Crippen LogP contribution in [0.2, 0.25) is 0 Å². The van der Waals surface area contributed by atoms with Gasteiger partial charge in [-0.25, -0.2) is 0 Å². The summed E-state index contributed by atoms with van der Waals surface area (Å²) in [6.45, 7) is 11.4. The fourth-order valence-corrected chi connectivity index (χ4v) is 2.20. The SMILES string of the molecule is C=C(C)COc1cc(CNC(CO)CC(C)C)ccc1OC. The van der Waals surface area contributed by atoms with E-state index in [2.05, 4.69) is 25.7 Å². The first-order valence-corrected chi connectivity index (χ1v) is 7.74. The Hall–Kier alpha value is -1.52. The van der Waals surface area contributed by atoms with E-state index in [1.807, 2.05) is 25.1 Å². The molecule has 1 atom stereocenters. The van der Waals surface area contributed by atoms with Crippen LogP contribution in [0, 0.1) is 5.92 Å². The highest BCUT2D eigenvalue weighted by atomic mass is 16.5. The molecule has 0 saturated heterocycles. The Kier molecular flexibility index (Phi) is 7.99. The van der Waals surface area contributed by atoms with Gasteiger partial charge in [-0.05, 0) is 42.5 Å². The molecule has 2 N–H and O–H groups in total. The van der Waals surface area contributed by atoms with Gasteiger partial charge in [0.1, 0.15) is 6.61 Å². The lowest BCUT2D eigenvalue weighted by Crippen LogP contribution is -2.33.